The van der Waals surface area contributed by atoms with Crippen LogP contribution in [0.2, 0.25) is 0 Å². The van der Waals surface area contributed by atoms with E-state index in [1.807, 2.05) is 0 Å². The van der Waals surface area contributed by atoms with Gasteiger partial charge in [-0.3, -0.25) is 0 Å². The van der Waals surface area contributed by atoms with Gasteiger partial charge >= 0.3 is 0 Å². The van der Waals surface area contributed by atoms with Crippen LogP contribution in [0.4, 0.5) is 0 Å². The lowest BCUT2D eigenvalue weighted by molar-refractivity contribution is 0.779. The fraction of sp³-hybridized carbons (Fsp3) is 0.333. The third-order valence-corrected chi connectivity index (χ3v) is 4.49. The Kier molecular flexibility index (Phi) is 4.24. The molecule has 0 bridgehead atoms. The summed E-state index contributed by atoms with van der Waals surface area (Å²) in [5, 5.41) is 0. The lowest BCUT2D eigenvalue weighted by Crippen LogP contribution is -1.88. The van der Waals surface area contributed by atoms with E-state index in [4.69, 9.17) is 0 Å². The summed E-state index contributed by atoms with van der Waals surface area (Å²) in [6.07, 6.45) is 8.53. The van der Waals surface area contributed by atoms with Gasteiger partial charge in [0.1, 0.15) is 0 Å². The minimum absolute atomic E-state index is 1.11. The van der Waals surface area contributed by atoms with E-state index in [0.717, 1.165) is 12.8 Å². The smallest absolute Gasteiger partial charge is 0.00576 e. The van der Waals surface area contributed by atoms with Crippen LogP contribution in [0.1, 0.15) is 49.8 Å². The molecule has 0 aliphatic heterocycles. The summed E-state index contributed by atoms with van der Waals surface area (Å²) in [5.41, 5.74) is 8.69. The molecule has 108 valence electrons. The van der Waals surface area contributed by atoms with Gasteiger partial charge in [-0.25, -0.2) is 0 Å². The molecule has 1 aliphatic carbocycles. The first-order valence-corrected chi connectivity index (χ1v) is 8.22. The van der Waals surface area contributed by atoms with Gasteiger partial charge in [-0.1, -0.05) is 74.4 Å². The topological polar surface area (TPSA) is 0 Å². The molecule has 2 aromatic carbocycles. The summed E-state index contributed by atoms with van der Waals surface area (Å²) < 4.78 is 0. The SMILES string of the molecule is CCCCC1=Cc2c(cccc2-c2ccc(CC)cc2)C1. The normalized spacial score (nSPS) is 13.1. The first-order valence-electron chi connectivity index (χ1n) is 8.22. The fourth-order valence-electron chi connectivity index (χ4n) is 3.17. The molecule has 0 spiro atoms. The Labute approximate surface area is 128 Å². The number of unbranched alkanes of at least 4 members (excludes halogenated alkanes) is 1. The molecule has 0 saturated carbocycles. The summed E-state index contributed by atoms with van der Waals surface area (Å²) >= 11 is 0. The molecule has 0 heteroatoms. The molecule has 0 amide bonds. The van der Waals surface area contributed by atoms with E-state index in [-0.39, 0.29) is 0 Å². The van der Waals surface area contributed by atoms with Crippen molar-refractivity contribution in [3.8, 4) is 11.1 Å². The number of aryl methyl sites for hydroxylation is 1. The summed E-state index contributed by atoms with van der Waals surface area (Å²) in [4.78, 5) is 0. The summed E-state index contributed by atoms with van der Waals surface area (Å²) in [6.45, 7) is 4.47. The molecule has 0 aromatic heterocycles. The van der Waals surface area contributed by atoms with Gasteiger partial charge in [0.2, 0.25) is 0 Å². The van der Waals surface area contributed by atoms with Gasteiger partial charge in [0.05, 0.1) is 0 Å². The molecule has 0 heterocycles. The molecule has 0 saturated heterocycles. The molecule has 0 nitrogen and oxygen atoms in total. The number of hydrogen-bond donors (Lipinski definition) is 0. The molecule has 21 heavy (non-hydrogen) atoms. The predicted octanol–water partition coefficient (Wildman–Crippen LogP) is 6.05. The number of fused-ring (bicyclic) bond motifs is 1. The lowest BCUT2D eigenvalue weighted by Gasteiger charge is -2.08. The van der Waals surface area contributed by atoms with Crippen LogP contribution < -0.4 is 0 Å². The molecular weight excluding hydrogens is 252 g/mol. The van der Waals surface area contributed by atoms with Crippen LogP contribution in [0.25, 0.3) is 17.2 Å². The van der Waals surface area contributed by atoms with E-state index >= 15 is 0 Å². The van der Waals surface area contributed by atoms with Gasteiger partial charge in [-0.05, 0) is 53.5 Å². The van der Waals surface area contributed by atoms with Crippen molar-refractivity contribution in [3.63, 3.8) is 0 Å². The summed E-state index contributed by atoms with van der Waals surface area (Å²) in [5.74, 6) is 0. The second-order valence-corrected chi connectivity index (χ2v) is 6.01. The van der Waals surface area contributed by atoms with Gasteiger partial charge in [0, 0.05) is 0 Å². The molecule has 3 rings (SSSR count). The van der Waals surface area contributed by atoms with Crippen LogP contribution in [-0.4, -0.2) is 0 Å². The standard InChI is InChI=1S/C21H24/c1-3-5-7-17-14-19-8-6-9-20(21(19)15-17)18-12-10-16(4-2)11-13-18/h6,8-13,15H,3-5,7,14H2,1-2H3. The van der Waals surface area contributed by atoms with E-state index in [9.17, 15) is 0 Å². The zero-order chi connectivity index (χ0) is 14.7. The zero-order valence-corrected chi connectivity index (χ0v) is 13.2. The van der Waals surface area contributed by atoms with Gasteiger partial charge < -0.3 is 0 Å². The van der Waals surface area contributed by atoms with Crippen molar-refractivity contribution < 1.29 is 0 Å². The minimum Gasteiger partial charge on any atom is -0.0654 e. The van der Waals surface area contributed by atoms with Crippen molar-refractivity contribution in [2.45, 2.75) is 46.0 Å². The number of allylic oxidation sites excluding steroid dienone is 1. The highest BCUT2D eigenvalue weighted by molar-refractivity contribution is 5.80. The van der Waals surface area contributed by atoms with Crippen molar-refractivity contribution in [1.29, 1.82) is 0 Å². The van der Waals surface area contributed by atoms with Crippen LogP contribution in [0.3, 0.4) is 0 Å². The highest BCUT2D eigenvalue weighted by atomic mass is 14.2. The van der Waals surface area contributed by atoms with Gasteiger partial charge in [-0.2, -0.15) is 0 Å². The molecule has 0 fully saturated rings. The third kappa shape index (κ3) is 2.95. The molecule has 0 N–H and O–H groups in total. The monoisotopic (exact) mass is 276 g/mol. The van der Waals surface area contributed by atoms with Crippen LogP contribution in [-0.2, 0) is 12.8 Å². The Balaban J connectivity index is 1.94. The van der Waals surface area contributed by atoms with Crippen molar-refractivity contribution in [2.24, 2.45) is 0 Å². The van der Waals surface area contributed by atoms with Crippen molar-refractivity contribution >= 4 is 6.08 Å². The Morgan fingerprint density at radius 2 is 1.76 bits per heavy atom. The van der Waals surface area contributed by atoms with Crippen LogP contribution in [0.15, 0.2) is 48.0 Å². The van der Waals surface area contributed by atoms with E-state index in [1.54, 1.807) is 5.57 Å². The third-order valence-electron chi connectivity index (χ3n) is 4.49. The van der Waals surface area contributed by atoms with Crippen molar-refractivity contribution in [2.75, 3.05) is 0 Å². The first kappa shape index (κ1) is 14.1. The van der Waals surface area contributed by atoms with Gasteiger partial charge in [0.25, 0.3) is 0 Å². The lowest BCUT2D eigenvalue weighted by atomic mass is 9.96. The van der Waals surface area contributed by atoms with Crippen molar-refractivity contribution in [1.82, 2.24) is 0 Å². The minimum atomic E-state index is 1.11. The van der Waals surface area contributed by atoms with Crippen LogP contribution in [0, 0.1) is 0 Å². The fourth-order valence-corrected chi connectivity index (χ4v) is 3.17. The average Bonchev–Trinajstić information content (AvgIpc) is 2.96. The molecule has 0 atom stereocenters. The largest absolute Gasteiger partial charge is 0.0654 e. The second kappa shape index (κ2) is 6.30. The Hall–Kier alpha value is -1.82. The van der Waals surface area contributed by atoms with Crippen LogP contribution >= 0.6 is 0 Å². The van der Waals surface area contributed by atoms with E-state index < -0.39 is 0 Å². The van der Waals surface area contributed by atoms with Crippen molar-refractivity contribution in [3.05, 3.63) is 64.7 Å². The number of rotatable bonds is 5. The quantitative estimate of drug-likeness (QED) is 0.624. The Morgan fingerprint density at radius 1 is 0.952 bits per heavy atom. The maximum absolute atomic E-state index is 2.44. The highest BCUT2D eigenvalue weighted by Crippen LogP contribution is 2.35. The second-order valence-electron chi connectivity index (χ2n) is 6.01. The number of hydrogen-bond acceptors (Lipinski definition) is 0. The first-order chi connectivity index (χ1) is 10.3. The Morgan fingerprint density at radius 3 is 2.48 bits per heavy atom. The maximum atomic E-state index is 2.44. The van der Waals surface area contributed by atoms with Crippen LogP contribution in [0.5, 0.6) is 0 Å². The Bertz CT molecular complexity index is 644. The number of benzene rings is 2. The molecular formula is C21H24. The predicted molar refractivity (Wildman–Crippen MR) is 92.5 cm³/mol. The maximum Gasteiger partial charge on any atom is -0.00576 e. The van der Waals surface area contributed by atoms with Gasteiger partial charge in [-0.15, -0.1) is 0 Å². The molecule has 0 radical (unpaired) electrons. The average molecular weight is 276 g/mol. The summed E-state index contributed by atoms with van der Waals surface area (Å²) in [7, 11) is 0. The summed E-state index contributed by atoms with van der Waals surface area (Å²) in [6, 6.07) is 15.8. The van der Waals surface area contributed by atoms with E-state index in [0.29, 0.717) is 0 Å². The molecule has 1 aliphatic rings. The molecule has 0 unspecified atom stereocenters. The zero-order valence-electron chi connectivity index (χ0n) is 13.2. The highest BCUT2D eigenvalue weighted by Gasteiger charge is 2.16. The van der Waals surface area contributed by atoms with E-state index in [1.165, 1.54) is 47.1 Å². The van der Waals surface area contributed by atoms with Gasteiger partial charge in [0.15, 0.2) is 0 Å². The molecule has 2 aromatic rings. The van der Waals surface area contributed by atoms with E-state index in [2.05, 4.69) is 62.4 Å².